The average Bonchev–Trinajstić information content (AvgIpc) is 3.16. The second kappa shape index (κ2) is 5.62. The van der Waals surface area contributed by atoms with Crippen LogP contribution in [0.25, 0.3) is 11.0 Å². The Morgan fingerprint density at radius 2 is 2.26 bits per heavy atom. The van der Waals surface area contributed by atoms with E-state index in [0.717, 1.165) is 41.9 Å². The Morgan fingerprint density at radius 3 is 3.09 bits per heavy atom. The molecule has 3 aromatic rings. The molecule has 3 heterocycles. The van der Waals surface area contributed by atoms with Crippen molar-refractivity contribution < 1.29 is 4.52 Å². The number of likely N-dealkylation sites (tertiary alicyclic amines) is 1. The summed E-state index contributed by atoms with van der Waals surface area (Å²) in [7, 11) is 0. The number of hydrogen-bond acceptors (Lipinski definition) is 5. The zero-order valence-corrected chi connectivity index (χ0v) is 13.0. The first-order valence-electron chi connectivity index (χ1n) is 7.86. The summed E-state index contributed by atoms with van der Waals surface area (Å²) in [5.41, 5.74) is 2.96. The van der Waals surface area contributed by atoms with Gasteiger partial charge in [-0.2, -0.15) is 0 Å². The van der Waals surface area contributed by atoms with Crippen molar-refractivity contribution in [2.75, 3.05) is 6.54 Å². The Balaban J connectivity index is 1.64. The minimum absolute atomic E-state index is 0.120. The first-order chi connectivity index (χ1) is 11.2. The molecule has 1 aromatic carbocycles. The van der Waals surface area contributed by atoms with Gasteiger partial charge in [0.05, 0.1) is 17.1 Å². The lowest BCUT2D eigenvalue weighted by molar-refractivity contribution is 0.233. The summed E-state index contributed by atoms with van der Waals surface area (Å²) >= 11 is 0. The van der Waals surface area contributed by atoms with Crippen LogP contribution in [-0.2, 0) is 6.54 Å². The van der Waals surface area contributed by atoms with Gasteiger partial charge in [-0.1, -0.05) is 17.3 Å². The van der Waals surface area contributed by atoms with Crippen molar-refractivity contribution in [1.29, 1.82) is 0 Å². The van der Waals surface area contributed by atoms with Crippen LogP contribution >= 0.6 is 0 Å². The molecule has 0 amide bonds. The van der Waals surface area contributed by atoms with Crippen molar-refractivity contribution in [1.82, 2.24) is 20.0 Å². The van der Waals surface area contributed by atoms with Crippen molar-refractivity contribution in [3.05, 3.63) is 57.8 Å². The van der Waals surface area contributed by atoms with Gasteiger partial charge in [-0.3, -0.25) is 9.69 Å². The number of aryl methyl sites for hydroxylation is 1. The molecular formula is C17H18N4O2. The standard InChI is InChI=1S/C17H18N4O2/c1-11-9-14(20-23-11)16-7-4-8-21(16)10-15-17(22)19-13-6-3-2-5-12(13)18-15/h2-3,5-6,9,16H,4,7-8,10H2,1H3,(H,19,22)/t16-/m1/s1. The Morgan fingerprint density at radius 1 is 1.39 bits per heavy atom. The normalized spacial score (nSPS) is 18.7. The minimum atomic E-state index is -0.120. The van der Waals surface area contributed by atoms with Gasteiger partial charge in [0.1, 0.15) is 17.1 Å². The summed E-state index contributed by atoms with van der Waals surface area (Å²) < 4.78 is 5.20. The van der Waals surface area contributed by atoms with Crippen LogP contribution in [0.1, 0.15) is 36.0 Å². The maximum absolute atomic E-state index is 12.3. The molecule has 0 saturated carbocycles. The summed E-state index contributed by atoms with van der Waals surface area (Å²) in [6.07, 6.45) is 2.11. The van der Waals surface area contributed by atoms with Crippen LogP contribution in [0, 0.1) is 6.92 Å². The van der Waals surface area contributed by atoms with Crippen molar-refractivity contribution in [2.45, 2.75) is 32.4 Å². The Hall–Kier alpha value is -2.47. The van der Waals surface area contributed by atoms with E-state index in [0.29, 0.717) is 12.2 Å². The highest BCUT2D eigenvalue weighted by atomic mass is 16.5. The molecule has 6 heteroatoms. The molecule has 2 aromatic heterocycles. The largest absolute Gasteiger partial charge is 0.361 e. The molecule has 1 fully saturated rings. The lowest BCUT2D eigenvalue weighted by Crippen LogP contribution is -2.28. The molecule has 118 valence electrons. The van der Waals surface area contributed by atoms with Crippen molar-refractivity contribution >= 4 is 11.0 Å². The Bertz CT molecular complexity index is 899. The van der Waals surface area contributed by atoms with Gasteiger partial charge >= 0.3 is 0 Å². The van der Waals surface area contributed by atoms with Crippen LogP contribution < -0.4 is 5.56 Å². The van der Waals surface area contributed by atoms with Crippen molar-refractivity contribution in [3.63, 3.8) is 0 Å². The van der Waals surface area contributed by atoms with Gasteiger partial charge < -0.3 is 9.51 Å². The molecular weight excluding hydrogens is 292 g/mol. The van der Waals surface area contributed by atoms with Gasteiger partial charge in [0.25, 0.3) is 5.56 Å². The van der Waals surface area contributed by atoms with E-state index in [2.05, 4.69) is 20.0 Å². The fraction of sp³-hybridized carbons (Fsp3) is 0.353. The molecule has 1 aliphatic rings. The molecule has 23 heavy (non-hydrogen) atoms. The summed E-state index contributed by atoms with van der Waals surface area (Å²) in [4.78, 5) is 22.0. The predicted molar refractivity (Wildman–Crippen MR) is 86.0 cm³/mol. The second-order valence-corrected chi connectivity index (χ2v) is 6.02. The van der Waals surface area contributed by atoms with E-state index in [-0.39, 0.29) is 11.6 Å². The first-order valence-corrected chi connectivity index (χ1v) is 7.86. The smallest absolute Gasteiger partial charge is 0.271 e. The van der Waals surface area contributed by atoms with Gasteiger partial charge in [-0.25, -0.2) is 4.98 Å². The lowest BCUT2D eigenvalue weighted by atomic mass is 10.1. The lowest BCUT2D eigenvalue weighted by Gasteiger charge is -2.21. The number of aromatic amines is 1. The first kappa shape index (κ1) is 14.1. The van der Waals surface area contributed by atoms with Crippen LogP contribution in [0.15, 0.2) is 39.6 Å². The fourth-order valence-electron chi connectivity index (χ4n) is 3.26. The second-order valence-electron chi connectivity index (χ2n) is 6.02. The highest BCUT2D eigenvalue weighted by Crippen LogP contribution is 2.32. The molecule has 0 radical (unpaired) electrons. The van der Waals surface area contributed by atoms with E-state index in [4.69, 9.17) is 4.52 Å². The average molecular weight is 310 g/mol. The van der Waals surface area contributed by atoms with E-state index >= 15 is 0 Å². The Kier molecular flexibility index (Phi) is 3.46. The number of benzene rings is 1. The number of rotatable bonds is 3. The van der Waals surface area contributed by atoms with E-state index in [1.54, 1.807) is 0 Å². The maximum Gasteiger partial charge on any atom is 0.271 e. The zero-order valence-electron chi connectivity index (χ0n) is 13.0. The van der Waals surface area contributed by atoms with Gasteiger partial charge in [0.2, 0.25) is 0 Å². The molecule has 1 aliphatic heterocycles. The Labute approximate surface area is 133 Å². The third-order valence-corrected chi connectivity index (χ3v) is 4.37. The molecule has 1 N–H and O–H groups in total. The minimum Gasteiger partial charge on any atom is -0.361 e. The number of nitrogens with zero attached hydrogens (tertiary/aromatic N) is 3. The number of para-hydroxylation sites is 2. The molecule has 6 nitrogen and oxygen atoms in total. The molecule has 0 bridgehead atoms. The summed E-state index contributed by atoms with van der Waals surface area (Å²) in [6.45, 7) is 3.35. The molecule has 0 spiro atoms. The van der Waals surface area contributed by atoms with Crippen molar-refractivity contribution in [3.8, 4) is 0 Å². The van der Waals surface area contributed by atoms with Gasteiger partial charge in [0, 0.05) is 12.6 Å². The van der Waals surface area contributed by atoms with Gasteiger partial charge in [-0.15, -0.1) is 0 Å². The molecule has 4 rings (SSSR count). The predicted octanol–water partition coefficient (Wildman–Crippen LogP) is 2.56. The van der Waals surface area contributed by atoms with E-state index < -0.39 is 0 Å². The quantitative estimate of drug-likeness (QED) is 0.804. The highest BCUT2D eigenvalue weighted by Gasteiger charge is 2.29. The number of nitrogens with one attached hydrogen (secondary N) is 1. The topological polar surface area (TPSA) is 75.0 Å². The maximum atomic E-state index is 12.3. The van der Waals surface area contributed by atoms with Crippen LogP contribution in [0.2, 0.25) is 0 Å². The summed E-state index contributed by atoms with van der Waals surface area (Å²) in [6, 6.07) is 9.76. The summed E-state index contributed by atoms with van der Waals surface area (Å²) in [5.74, 6) is 0.813. The molecule has 0 unspecified atom stereocenters. The summed E-state index contributed by atoms with van der Waals surface area (Å²) in [5, 5.41) is 4.14. The zero-order chi connectivity index (χ0) is 15.8. The van der Waals surface area contributed by atoms with E-state index in [1.165, 1.54) is 0 Å². The van der Waals surface area contributed by atoms with E-state index in [9.17, 15) is 4.79 Å². The number of fused-ring (bicyclic) bond motifs is 1. The monoisotopic (exact) mass is 310 g/mol. The van der Waals surface area contributed by atoms with E-state index in [1.807, 2.05) is 37.3 Å². The fourth-order valence-corrected chi connectivity index (χ4v) is 3.26. The van der Waals surface area contributed by atoms with Crippen molar-refractivity contribution in [2.24, 2.45) is 0 Å². The van der Waals surface area contributed by atoms with Gasteiger partial charge in [0.15, 0.2) is 0 Å². The van der Waals surface area contributed by atoms with Crippen LogP contribution in [0.3, 0.4) is 0 Å². The number of hydrogen-bond donors (Lipinski definition) is 1. The van der Waals surface area contributed by atoms with Crippen LogP contribution in [-0.4, -0.2) is 26.6 Å². The molecule has 1 atom stereocenters. The van der Waals surface area contributed by atoms with Gasteiger partial charge in [-0.05, 0) is 38.4 Å². The van der Waals surface area contributed by atoms with Crippen LogP contribution in [0.5, 0.6) is 0 Å². The SMILES string of the molecule is Cc1cc([C@H]2CCCN2Cc2nc3ccccc3[nH]c2=O)no1. The molecule has 1 saturated heterocycles. The number of H-pyrrole nitrogens is 1. The third kappa shape index (κ3) is 2.66. The molecule has 0 aliphatic carbocycles. The highest BCUT2D eigenvalue weighted by molar-refractivity contribution is 5.73. The number of aromatic nitrogens is 3. The van der Waals surface area contributed by atoms with Crippen LogP contribution in [0.4, 0.5) is 0 Å². The third-order valence-electron chi connectivity index (χ3n) is 4.37.